The summed E-state index contributed by atoms with van der Waals surface area (Å²) in [6, 6.07) is 3.83. The number of rotatable bonds is 8. The van der Waals surface area contributed by atoms with Crippen molar-refractivity contribution in [1.29, 1.82) is 0 Å². The molecule has 1 aromatic rings. The Bertz CT molecular complexity index is 700. The van der Waals surface area contributed by atoms with Crippen molar-refractivity contribution in [2.75, 3.05) is 5.32 Å². The molecule has 0 fully saturated rings. The molecule has 3 N–H and O–H groups in total. The van der Waals surface area contributed by atoms with Gasteiger partial charge in [-0.05, 0) is 24.7 Å². The van der Waals surface area contributed by atoms with E-state index >= 15 is 0 Å². The first kappa shape index (κ1) is 24.0. The molecule has 1 atom stereocenters. The number of halogens is 4. The third kappa shape index (κ3) is 8.66. The van der Waals surface area contributed by atoms with Gasteiger partial charge in [0.15, 0.2) is 5.11 Å². The second-order valence-corrected chi connectivity index (χ2v) is 8.70. The SMILES string of the molecule is CCCCCC(=O)N[C@H](NC(=S)Nc1ccc([N+](=O)[O-])cc1Cl)C(Cl)(Cl)Cl. The van der Waals surface area contributed by atoms with E-state index in [9.17, 15) is 14.9 Å². The summed E-state index contributed by atoms with van der Waals surface area (Å²) in [5.74, 6) is -0.288. The van der Waals surface area contributed by atoms with Crippen molar-refractivity contribution >= 4 is 81.0 Å². The number of non-ortho nitro benzene ring substituents is 1. The lowest BCUT2D eigenvalue weighted by Crippen LogP contribution is -2.56. The molecule has 0 bridgehead atoms. The van der Waals surface area contributed by atoms with Gasteiger partial charge in [0.25, 0.3) is 5.69 Å². The van der Waals surface area contributed by atoms with E-state index in [0.717, 1.165) is 19.3 Å². The van der Waals surface area contributed by atoms with E-state index in [1.165, 1.54) is 18.2 Å². The molecule has 1 aromatic carbocycles. The minimum Gasteiger partial charge on any atom is -0.339 e. The Hall–Kier alpha value is -1.06. The number of alkyl halides is 3. The maximum atomic E-state index is 12.0. The number of anilines is 1. The Morgan fingerprint density at radius 1 is 1.30 bits per heavy atom. The van der Waals surface area contributed by atoms with Gasteiger partial charge in [0.05, 0.1) is 15.6 Å². The van der Waals surface area contributed by atoms with Crippen LogP contribution in [0.3, 0.4) is 0 Å². The summed E-state index contributed by atoms with van der Waals surface area (Å²) in [5, 5.41) is 18.8. The van der Waals surface area contributed by atoms with Crippen LogP contribution >= 0.6 is 58.6 Å². The standard InChI is InChI=1S/C15H18Cl4N4O3S/c1-2-3-4-5-12(24)21-13(15(17,18)19)22-14(27)20-11-7-6-9(23(25)26)8-10(11)16/h6-8,13H,2-5H2,1H3,(H,21,24)(H2,20,22,27)/t13-/m1/s1. The van der Waals surface area contributed by atoms with Crippen LogP contribution in [-0.4, -0.2) is 25.9 Å². The summed E-state index contributed by atoms with van der Waals surface area (Å²) in [5.41, 5.74) is 0.153. The molecule has 1 amide bonds. The molecule has 0 radical (unpaired) electrons. The Labute approximate surface area is 182 Å². The number of carbonyl (C=O) groups is 1. The summed E-state index contributed by atoms with van der Waals surface area (Å²) in [7, 11) is 0. The number of benzene rings is 1. The van der Waals surface area contributed by atoms with Crippen LogP contribution in [0.2, 0.25) is 5.02 Å². The first-order valence-electron chi connectivity index (χ1n) is 7.92. The van der Waals surface area contributed by atoms with E-state index < -0.39 is 14.9 Å². The van der Waals surface area contributed by atoms with Gasteiger partial charge < -0.3 is 16.0 Å². The van der Waals surface area contributed by atoms with E-state index in [2.05, 4.69) is 16.0 Å². The van der Waals surface area contributed by atoms with Crippen molar-refractivity contribution < 1.29 is 9.72 Å². The molecule has 27 heavy (non-hydrogen) atoms. The zero-order chi connectivity index (χ0) is 20.6. The monoisotopic (exact) mass is 474 g/mol. The Morgan fingerprint density at radius 3 is 2.48 bits per heavy atom. The molecule has 0 spiro atoms. The summed E-state index contributed by atoms with van der Waals surface area (Å²) in [4.78, 5) is 22.2. The van der Waals surface area contributed by atoms with Crippen LogP contribution in [0.1, 0.15) is 32.6 Å². The molecular weight excluding hydrogens is 458 g/mol. The number of hydrogen-bond donors (Lipinski definition) is 3. The highest BCUT2D eigenvalue weighted by molar-refractivity contribution is 7.80. The maximum Gasteiger partial charge on any atom is 0.271 e. The van der Waals surface area contributed by atoms with Gasteiger partial charge in [-0.2, -0.15) is 0 Å². The Kier molecular flexibility index (Phi) is 9.83. The molecule has 0 aliphatic heterocycles. The molecule has 0 saturated heterocycles. The van der Waals surface area contributed by atoms with E-state index in [0.29, 0.717) is 12.1 Å². The van der Waals surface area contributed by atoms with Crippen molar-refractivity contribution in [2.45, 2.75) is 42.6 Å². The minimum absolute atomic E-state index is 0.0101. The van der Waals surface area contributed by atoms with Crippen LogP contribution in [0.15, 0.2) is 18.2 Å². The quantitative estimate of drug-likeness (QED) is 0.123. The fourth-order valence-electron chi connectivity index (χ4n) is 1.98. The van der Waals surface area contributed by atoms with Crippen LogP contribution in [0.25, 0.3) is 0 Å². The van der Waals surface area contributed by atoms with Gasteiger partial charge in [-0.3, -0.25) is 14.9 Å². The smallest absolute Gasteiger partial charge is 0.271 e. The minimum atomic E-state index is -1.87. The zero-order valence-corrected chi connectivity index (χ0v) is 18.1. The van der Waals surface area contributed by atoms with E-state index in [-0.39, 0.29) is 21.7 Å². The lowest BCUT2D eigenvalue weighted by molar-refractivity contribution is -0.384. The van der Waals surface area contributed by atoms with Crippen LogP contribution in [0, 0.1) is 10.1 Å². The Balaban J connectivity index is 2.74. The fraction of sp³-hybridized carbons (Fsp3) is 0.467. The highest BCUT2D eigenvalue weighted by atomic mass is 35.6. The number of nitro groups is 1. The summed E-state index contributed by atoms with van der Waals surface area (Å²) in [6.07, 6.45) is 1.81. The largest absolute Gasteiger partial charge is 0.339 e. The molecule has 12 heteroatoms. The molecule has 0 unspecified atom stereocenters. The zero-order valence-electron chi connectivity index (χ0n) is 14.2. The number of hydrogen-bond acceptors (Lipinski definition) is 4. The van der Waals surface area contributed by atoms with Gasteiger partial charge in [0, 0.05) is 18.6 Å². The second-order valence-electron chi connectivity index (χ2n) is 5.52. The summed E-state index contributed by atoms with van der Waals surface area (Å²) in [6.45, 7) is 2.02. The average molecular weight is 476 g/mol. The van der Waals surface area contributed by atoms with Crippen molar-refractivity contribution in [3.8, 4) is 0 Å². The molecule has 0 aliphatic carbocycles. The third-order valence-electron chi connectivity index (χ3n) is 3.33. The summed E-state index contributed by atoms with van der Waals surface area (Å²) < 4.78 is -1.87. The molecule has 7 nitrogen and oxygen atoms in total. The predicted octanol–water partition coefficient (Wildman–Crippen LogP) is 4.93. The van der Waals surface area contributed by atoms with E-state index in [1.54, 1.807) is 0 Å². The van der Waals surface area contributed by atoms with Crippen molar-refractivity contribution in [3.05, 3.63) is 33.3 Å². The average Bonchev–Trinajstić information content (AvgIpc) is 2.55. The first-order chi connectivity index (χ1) is 12.5. The summed E-state index contributed by atoms with van der Waals surface area (Å²) >= 11 is 28.9. The highest BCUT2D eigenvalue weighted by Gasteiger charge is 2.34. The number of amides is 1. The van der Waals surface area contributed by atoms with E-state index in [1.807, 2.05) is 6.92 Å². The van der Waals surface area contributed by atoms with Gasteiger partial charge in [0.1, 0.15) is 6.17 Å². The van der Waals surface area contributed by atoms with Crippen LogP contribution in [-0.2, 0) is 4.79 Å². The maximum absolute atomic E-state index is 12.0. The van der Waals surface area contributed by atoms with Gasteiger partial charge in [-0.1, -0.05) is 66.2 Å². The van der Waals surface area contributed by atoms with Crippen molar-refractivity contribution in [3.63, 3.8) is 0 Å². The molecule has 0 aliphatic rings. The van der Waals surface area contributed by atoms with Crippen molar-refractivity contribution in [1.82, 2.24) is 10.6 Å². The first-order valence-corrected chi connectivity index (χ1v) is 9.84. The van der Waals surface area contributed by atoms with Crippen LogP contribution in [0.5, 0.6) is 0 Å². The second kappa shape index (κ2) is 11.1. The van der Waals surface area contributed by atoms with Gasteiger partial charge >= 0.3 is 0 Å². The third-order valence-corrected chi connectivity index (χ3v) is 4.51. The van der Waals surface area contributed by atoms with Crippen LogP contribution < -0.4 is 16.0 Å². The Morgan fingerprint density at radius 2 is 1.96 bits per heavy atom. The molecule has 0 aromatic heterocycles. The number of nitrogens with zero attached hydrogens (tertiary/aromatic N) is 1. The molecule has 0 heterocycles. The highest BCUT2D eigenvalue weighted by Crippen LogP contribution is 2.30. The predicted molar refractivity (Wildman–Crippen MR) is 114 cm³/mol. The normalized spacial score (nSPS) is 12.2. The number of thiocarbonyl (C=S) groups is 1. The van der Waals surface area contributed by atoms with Gasteiger partial charge in [0.2, 0.25) is 9.70 Å². The van der Waals surface area contributed by atoms with Crippen LogP contribution in [0.4, 0.5) is 11.4 Å². The molecule has 1 rings (SSSR count). The van der Waals surface area contributed by atoms with Crippen molar-refractivity contribution in [2.24, 2.45) is 0 Å². The van der Waals surface area contributed by atoms with E-state index in [4.69, 9.17) is 58.6 Å². The number of nitrogens with one attached hydrogen (secondary N) is 3. The van der Waals surface area contributed by atoms with Gasteiger partial charge in [-0.15, -0.1) is 0 Å². The van der Waals surface area contributed by atoms with Gasteiger partial charge in [-0.25, -0.2) is 0 Å². The molecular formula is C15H18Cl4N4O3S. The number of carbonyl (C=O) groups excluding carboxylic acids is 1. The fourth-order valence-corrected chi connectivity index (χ4v) is 2.75. The molecule has 0 saturated carbocycles. The number of unbranched alkanes of at least 4 members (excludes halogenated alkanes) is 2. The topological polar surface area (TPSA) is 96.3 Å². The lowest BCUT2D eigenvalue weighted by Gasteiger charge is -2.28. The lowest BCUT2D eigenvalue weighted by atomic mass is 10.2. The molecule has 150 valence electrons. The number of nitro benzene ring substituents is 1.